The molecular weight excluding hydrogens is 266 g/mol. The predicted molar refractivity (Wildman–Crippen MR) is 73.9 cm³/mol. The van der Waals surface area contributed by atoms with Crippen molar-refractivity contribution < 1.29 is 17.0 Å². The van der Waals surface area contributed by atoms with E-state index in [-0.39, 0.29) is 29.1 Å². The molecule has 1 aliphatic carbocycles. The van der Waals surface area contributed by atoms with Crippen molar-refractivity contribution in [3.63, 3.8) is 0 Å². The van der Waals surface area contributed by atoms with Gasteiger partial charge in [0.2, 0.25) is 0 Å². The van der Waals surface area contributed by atoms with Crippen molar-refractivity contribution in [1.82, 2.24) is 0 Å². The van der Waals surface area contributed by atoms with Gasteiger partial charge in [-0.15, -0.1) is 0 Å². The predicted octanol–water partition coefficient (Wildman–Crippen LogP) is 2.00. The van der Waals surface area contributed by atoms with Crippen LogP contribution in [-0.2, 0) is 14.3 Å². The van der Waals surface area contributed by atoms with E-state index in [0.29, 0.717) is 6.42 Å². The van der Waals surface area contributed by atoms with Crippen LogP contribution in [0, 0.1) is 12.8 Å². The van der Waals surface area contributed by atoms with E-state index < -0.39 is 10.1 Å². The van der Waals surface area contributed by atoms with Gasteiger partial charge in [0.05, 0.1) is 17.3 Å². The number of halogens is 1. The zero-order valence-corrected chi connectivity index (χ0v) is 11.8. The van der Waals surface area contributed by atoms with E-state index >= 15 is 0 Å². The maximum absolute atomic E-state index is 13.2. The molecule has 1 aliphatic rings. The topological polar surface area (TPSA) is 43.4 Å². The minimum atomic E-state index is -3.75. The Hall–Kier alpha value is -1.14. The van der Waals surface area contributed by atoms with Crippen LogP contribution < -0.4 is 0 Å². The zero-order valence-electron chi connectivity index (χ0n) is 11.0. The summed E-state index contributed by atoms with van der Waals surface area (Å²) in [5.41, 5.74) is 0.980. The summed E-state index contributed by atoms with van der Waals surface area (Å²) in [4.78, 5) is 0.133. The van der Waals surface area contributed by atoms with Crippen LogP contribution in [0.5, 0.6) is 0 Å². The highest BCUT2D eigenvalue weighted by molar-refractivity contribution is 7.86. The standard InChI is InChI=1S/C13H16BFO3S/c1-9-2-4-11(5-3-9)19(16,17)18-8-10-6-12(14)13(15)7-10/h2-5,7,10,12H,6,8,14H2,1H3. The summed E-state index contributed by atoms with van der Waals surface area (Å²) in [7, 11) is -1.97. The van der Waals surface area contributed by atoms with Gasteiger partial charge < -0.3 is 0 Å². The summed E-state index contributed by atoms with van der Waals surface area (Å²) >= 11 is 0. The molecule has 1 aromatic rings. The van der Waals surface area contributed by atoms with Gasteiger partial charge in [-0.05, 0) is 37.4 Å². The molecule has 0 heterocycles. The number of hydrogen-bond acceptors (Lipinski definition) is 3. The van der Waals surface area contributed by atoms with E-state index in [9.17, 15) is 12.8 Å². The highest BCUT2D eigenvalue weighted by atomic mass is 32.2. The van der Waals surface area contributed by atoms with E-state index in [1.54, 1.807) is 20.0 Å². The van der Waals surface area contributed by atoms with Gasteiger partial charge in [0.15, 0.2) is 0 Å². The molecule has 0 saturated heterocycles. The second-order valence-electron chi connectivity index (χ2n) is 5.00. The molecule has 0 fully saturated rings. The van der Waals surface area contributed by atoms with Crippen molar-refractivity contribution in [1.29, 1.82) is 0 Å². The summed E-state index contributed by atoms with van der Waals surface area (Å²) in [5.74, 6) is -0.493. The fourth-order valence-electron chi connectivity index (χ4n) is 2.09. The minimum absolute atomic E-state index is 0.00598. The lowest BCUT2D eigenvalue weighted by molar-refractivity contribution is 0.278. The lowest BCUT2D eigenvalue weighted by Crippen LogP contribution is -2.12. The van der Waals surface area contributed by atoms with Crippen molar-refractivity contribution in [3.05, 3.63) is 41.7 Å². The van der Waals surface area contributed by atoms with Crippen LogP contribution in [0.25, 0.3) is 0 Å². The largest absolute Gasteiger partial charge is 0.296 e. The molecule has 2 rings (SSSR count). The summed E-state index contributed by atoms with van der Waals surface area (Å²) in [6.07, 6.45) is 2.05. The first-order valence-electron chi connectivity index (χ1n) is 6.22. The molecule has 102 valence electrons. The Morgan fingerprint density at radius 2 is 2.00 bits per heavy atom. The van der Waals surface area contributed by atoms with Gasteiger partial charge in [0, 0.05) is 5.92 Å². The third-order valence-electron chi connectivity index (χ3n) is 3.27. The number of aryl methyl sites for hydroxylation is 1. The second-order valence-corrected chi connectivity index (χ2v) is 6.62. The van der Waals surface area contributed by atoms with Gasteiger partial charge in [-0.25, -0.2) is 4.39 Å². The second kappa shape index (κ2) is 5.47. The van der Waals surface area contributed by atoms with Gasteiger partial charge in [-0.1, -0.05) is 17.7 Å². The highest BCUT2D eigenvalue weighted by Gasteiger charge is 2.25. The maximum Gasteiger partial charge on any atom is 0.296 e. The number of allylic oxidation sites excluding steroid dienone is 1. The molecule has 19 heavy (non-hydrogen) atoms. The third-order valence-corrected chi connectivity index (χ3v) is 4.56. The van der Waals surface area contributed by atoms with Gasteiger partial charge in [-0.2, -0.15) is 8.42 Å². The van der Waals surface area contributed by atoms with Crippen molar-refractivity contribution >= 4 is 18.0 Å². The molecule has 0 bridgehead atoms. The average molecular weight is 282 g/mol. The Labute approximate surface area is 114 Å². The van der Waals surface area contributed by atoms with Crippen LogP contribution >= 0.6 is 0 Å². The minimum Gasteiger partial charge on any atom is -0.266 e. The van der Waals surface area contributed by atoms with E-state index in [1.165, 1.54) is 18.2 Å². The summed E-state index contributed by atoms with van der Waals surface area (Å²) in [6.45, 7) is 1.87. The first-order valence-corrected chi connectivity index (χ1v) is 7.62. The van der Waals surface area contributed by atoms with Crippen LogP contribution in [-0.4, -0.2) is 22.9 Å². The summed E-state index contributed by atoms with van der Waals surface area (Å²) in [5, 5.41) is 0. The van der Waals surface area contributed by atoms with Crippen molar-refractivity contribution in [3.8, 4) is 0 Å². The Morgan fingerprint density at radius 1 is 1.37 bits per heavy atom. The van der Waals surface area contributed by atoms with Crippen LogP contribution in [0.15, 0.2) is 41.1 Å². The van der Waals surface area contributed by atoms with E-state index in [2.05, 4.69) is 0 Å². The lowest BCUT2D eigenvalue weighted by Gasteiger charge is -2.10. The molecule has 1 aromatic carbocycles. The number of rotatable bonds is 4. The van der Waals surface area contributed by atoms with E-state index in [1.807, 2.05) is 6.92 Å². The fourth-order valence-corrected chi connectivity index (χ4v) is 3.05. The van der Waals surface area contributed by atoms with Crippen molar-refractivity contribution in [2.75, 3.05) is 6.61 Å². The summed E-state index contributed by atoms with van der Waals surface area (Å²) < 4.78 is 42.1. The first kappa shape index (κ1) is 14.3. The molecule has 0 aliphatic heterocycles. The van der Waals surface area contributed by atoms with Crippen LogP contribution in [0.2, 0.25) is 5.82 Å². The molecule has 2 atom stereocenters. The molecule has 0 saturated carbocycles. The zero-order chi connectivity index (χ0) is 14.0. The molecule has 3 nitrogen and oxygen atoms in total. The Kier molecular flexibility index (Phi) is 4.11. The van der Waals surface area contributed by atoms with E-state index in [4.69, 9.17) is 4.18 Å². The molecule has 2 unspecified atom stereocenters. The Morgan fingerprint density at radius 3 is 2.53 bits per heavy atom. The van der Waals surface area contributed by atoms with Crippen LogP contribution in [0.3, 0.4) is 0 Å². The van der Waals surface area contributed by atoms with Crippen LogP contribution in [0.1, 0.15) is 12.0 Å². The molecule has 0 amide bonds. The van der Waals surface area contributed by atoms with Crippen molar-refractivity contribution in [2.24, 2.45) is 5.92 Å². The maximum atomic E-state index is 13.2. The fraction of sp³-hybridized carbons (Fsp3) is 0.385. The third kappa shape index (κ3) is 3.45. The molecule has 0 spiro atoms. The first-order chi connectivity index (χ1) is 8.88. The number of benzene rings is 1. The molecule has 0 radical (unpaired) electrons. The highest BCUT2D eigenvalue weighted by Crippen LogP contribution is 2.34. The normalized spacial score (nSPS) is 23.4. The smallest absolute Gasteiger partial charge is 0.266 e. The van der Waals surface area contributed by atoms with E-state index in [0.717, 1.165) is 5.56 Å². The summed E-state index contributed by atoms with van der Waals surface area (Å²) in [6, 6.07) is 6.46. The molecule has 0 N–H and O–H groups in total. The van der Waals surface area contributed by atoms with Crippen molar-refractivity contribution in [2.45, 2.75) is 24.1 Å². The molecular formula is C13H16BFO3S. The molecule has 0 aromatic heterocycles. The van der Waals surface area contributed by atoms with Gasteiger partial charge in [0.1, 0.15) is 7.85 Å². The lowest BCUT2D eigenvalue weighted by atomic mass is 9.85. The Bertz CT molecular complexity index is 580. The van der Waals surface area contributed by atoms with Gasteiger partial charge >= 0.3 is 0 Å². The monoisotopic (exact) mass is 282 g/mol. The van der Waals surface area contributed by atoms with Gasteiger partial charge in [0.25, 0.3) is 10.1 Å². The average Bonchev–Trinajstić information content (AvgIpc) is 2.67. The Balaban J connectivity index is 2.01. The van der Waals surface area contributed by atoms with Gasteiger partial charge in [-0.3, -0.25) is 4.18 Å². The quantitative estimate of drug-likeness (QED) is 0.626. The SMILES string of the molecule is BC1CC(COS(=O)(=O)c2ccc(C)cc2)C=C1F. The van der Waals surface area contributed by atoms with Crippen LogP contribution in [0.4, 0.5) is 4.39 Å². The molecule has 6 heteroatoms. The number of hydrogen-bond donors (Lipinski definition) is 0.